The Morgan fingerprint density at radius 3 is 3.12 bits per heavy atom. The Morgan fingerprint density at radius 1 is 1.65 bits per heavy atom. The monoisotopic (exact) mass is 274 g/mol. The molecule has 2 rings (SSSR count). The Bertz CT molecular complexity index is 363. The number of aliphatic hydroxyl groups excluding tert-OH is 1. The summed E-state index contributed by atoms with van der Waals surface area (Å²) in [5, 5.41) is 15.6. The molecule has 0 bridgehead atoms. The zero-order valence-corrected chi connectivity index (χ0v) is 11.7. The number of thioether (sulfide) groups is 1. The topological polar surface area (TPSA) is 38.0 Å². The fourth-order valence-electron chi connectivity index (χ4n) is 2.25. The van der Waals surface area contributed by atoms with E-state index in [9.17, 15) is 5.11 Å². The Balaban J connectivity index is 2.16. The van der Waals surface area contributed by atoms with Crippen molar-refractivity contribution in [2.45, 2.75) is 50.5 Å². The molecule has 1 saturated heterocycles. The summed E-state index contributed by atoms with van der Waals surface area (Å²) in [6.45, 7) is 2.91. The van der Waals surface area contributed by atoms with Crippen LogP contribution in [0.1, 0.15) is 44.4 Å². The van der Waals surface area contributed by atoms with Gasteiger partial charge in [0.15, 0.2) is 0 Å². The van der Waals surface area contributed by atoms with Gasteiger partial charge in [0.1, 0.15) is 6.10 Å². The van der Waals surface area contributed by atoms with Crippen molar-refractivity contribution in [3.8, 4) is 0 Å². The third-order valence-corrected chi connectivity index (χ3v) is 4.85. The number of hydrogen-bond acceptors (Lipinski definition) is 3. The lowest BCUT2D eigenvalue weighted by Crippen LogP contribution is -2.22. The van der Waals surface area contributed by atoms with Crippen LogP contribution in [0.2, 0.25) is 5.02 Å². The Kier molecular flexibility index (Phi) is 4.77. The molecule has 2 heterocycles. The van der Waals surface area contributed by atoms with Crippen LogP contribution < -0.4 is 0 Å². The van der Waals surface area contributed by atoms with Gasteiger partial charge in [-0.2, -0.15) is 16.9 Å². The van der Waals surface area contributed by atoms with E-state index >= 15 is 0 Å². The van der Waals surface area contributed by atoms with Gasteiger partial charge in [-0.25, -0.2) is 0 Å². The summed E-state index contributed by atoms with van der Waals surface area (Å²) in [5.74, 6) is 1.14. The Morgan fingerprint density at radius 2 is 2.47 bits per heavy atom. The summed E-state index contributed by atoms with van der Waals surface area (Å²) in [6, 6.07) is 0. The highest BCUT2D eigenvalue weighted by Crippen LogP contribution is 2.37. The lowest BCUT2D eigenvalue weighted by atomic mass is 10.1. The minimum atomic E-state index is -0.484. The number of aromatic nitrogens is 2. The first kappa shape index (κ1) is 13.2. The third-order valence-electron chi connectivity index (χ3n) is 3.12. The van der Waals surface area contributed by atoms with Gasteiger partial charge in [0.25, 0.3) is 0 Å². The molecule has 0 aromatic carbocycles. The molecular formula is C12H19ClN2OS. The second-order valence-electron chi connectivity index (χ2n) is 4.45. The Labute approximate surface area is 112 Å². The largest absolute Gasteiger partial charge is 0.386 e. The van der Waals surface area contributed by atoms with Crippen LogP contribution in [0.5, 0.6) is 0 Å². The predicted molar refractivity (Wildman–Crippen MR) is 72.6 cm³/mol. The van der Waals surface area contributed by atoms with Crippen LogP contribution >= 0.6 is 23.4 Å². The lowest BCUT2D eigenvalue weighted by molar-refractivity contribution is 0.157. The molecule has 3 nitrogen and oxygen atoms in total. The quantitative estimate of drug-likeness (QED) is 0.916. The van der Waals surface area contributed by atoms with E-state index in [2.05, 4.69) is 12.0 Å². The van der Waals surface area contributed by atoms with Crippen molar-refractivity contribution in [2.24, 2.45) is 0 Å². The van der Waals surface area contributed by atoms with Gasteiger partial charge in [-0.3, -0.25) is 4.68 Å². The molecular weight excluding hydrogens is 256 g/mol. The molecule has 0 saturated carbocycles. The van der Waals surface area contributed by atoms with Crippen molar-refractivity contribution in [2.75, 3.05) is 5.75 Å². The molecule has 0 amide bonds. The van der Waals surface area contributed by atoms with E-state index in [1.54, 1.807) is 6.20 Å². The number of aliphatic hydroxyl groups is 1. The maximum atomic E-state index is 10.5. The maximum absolute atomic E-state index is 10.5. The normalized spacial score (nSPS) is 22.6. The molecule has 1 fully saturated rings. The lowest BCUT2D eigenvalue weighted by Gasteiger charge is -2.26. The fourth-order valence-corrected chi connectivity index (χ4v) is 3.82. The van der Waals surface area contributed by atoms with Crippen LogP contribution in [0, 0.1) is 0 Å². The van der Waals surface area contributed by atoms with Crippen LogP contribution in [0.15, 0.2) is 6.20 Å². The second-order valence-corrected chi connectivity index (χ2v) is 6.21. The smallest absolute Gasteiger partial charge is 0.109 e. The zero-order chi connectivity index (χ0) is 12.3. The summed E-state index contributed by atoms with van der Waals surface area (Å²) in [5.41, 5.74) is 0.799. The first-order chi connectivity index (χ1) is 8.24. The van der Waals surface area contributed by atoms with E-state index < -0.39 is 6.10 Å². The number of nitrogens with zero attached hydrogens (tertiary/aromatic N) is 2. The summed E-state index contributed by atoms with van der Waals surface area (Å²) in [7, 11) is 0. The molecule has 17 heavy (non-hydrogen) atoms. The van der Waals surface area contributed by atoms with Gasteiger partial charge in [0.2, 0.25) is 0 Å². The van der Waals surface area contributed by atoms with E-state index in [4.69, 9.17) is 11.6 Å². The van der Waals surface area contributed by atoms with Crippen molar-refractivity contribution in [1.82, 2.24) is 9.78 Å². The molecule has 1 aromatic rings. The summed E-state index contributed by atoms with van der Waals surface area (Å²) in [6.07, 6.45) is 5.68. The highest BCUT2D eigenvalue weighted by molar-refractivity contribution is 7.99. The van der Waals surface area contributed by atoms with E-state index in [0.29, 0.717) is 5.02 Å². The highest BCUT2D eigenvalue weighted by atomic mass is 35.5. The van der Waals surface area contributed by atoms with Gasteiger partial charge >= 0.3 is 0 Å². The fraction of sp³-hybridized carbons (Fsp3) is 0.750. The summed E-state index contributed by atoms with van der Waals surface area (Å²) < 4.78 is 1.85. The molecule has 1 aliphatic heterocycles. The standard InChI is InChI=1S/C12H19ClN2OS/c1-2-6-15-11(9(13)8-14-15)12(16)10-5-3-4-7-17-10/h8,10,12,16H,2-7H2,1H3. The molecule has 2 atom stereocenters. The number of halogens is 1. The van der Waals surface area contributed by atoms with E-state index in [-0.39, 0.29) is 5.25 Å². The van der Waals surface area contributed by atoms with Crippen LogP contribution in [0.25, 0.3) is 0 Å². The third kappa shape index (κ3) is 2.98. The molecule has 0 aliphatic carbocycles. The van der Waals surface area contributed by atoms with Crippen molar-refractivity contribution in [1.29, 1.82) is 0 Å². The van der Waals surface area contributed by atoms with Crippen LogP contribution in [-0.2, 0) is 6.54 Å². The molecule has 2 unspecified atom stereocenters. The zero-order valence-electron chi connectivity index (χ0n) is 10.1. The summed E-state index contributed by atoms with van der Waals surface area (Å²) in [4.78, 5) is 0. The van der Waals surface area contributed by atoms with Crippen LogP contribution in [0.3, 0.4) is 0 Å². The molecule has 96 valence electrons. The average molecular weight is 275 g/mol. The second kappa shape index (κ2) is 6.12. The summed E-state index contributed by atoms with van der Waals surface area (Å²) >= 11 is 8.00. The van der Waals surface area contributed by atoms with Gasteiger partial charge in [-0.05, 0) is 25.0 Å². The SMILES string of the molecule is CCCn1ncc(Cl)c1C(O)C1CCCCS1. The molecule has 1 aromatic heterocycles. The molecule has 1 aliphatic rings. The molecule has 0 radical (unpaired) electrons. The Hall–Kier alpha value is -0.190. The first-order valence-electron chi connectivity index (χ1n) is 6.25. The van der Waals surface area contributed by atoms with E-state index in [1.807, 2.05) is 16.4 Å². The van der Waals surface area contributed by atoms with Crippen molar-refractivity contribution in [3.63, 3.8) is 0 Å². The molecule has 5 heteroatoms. The minimum absolute atomic E-state index is 0.272. The van der Waals surface area contributed by atoms with Gasteiger partial charge in [-0.15, -0.1) is 0 Å². The number of hydrogen-bond donors (Lipinski definition) is 1. The van der Waals surface area contributed by atoms with E-state index in [0.717, 1.165) is 30.8 Å². The van der Waals surface area contributed by atoms with Gasteiger partial charge < -0.3 is 5.11 Å². The molecule has 1 N–H and O–H groups in total. The van der Waals surface area contributed by atoms with E-state index in [1.165, 1.54) is 12.8 Å². The highest BCUT2D eigenvalue weighted by Gasteiger charge is 2.28. The molecule has 0 spiro atoms. The average Bonchev–Trinajstić information content (AvgIpc) is 2.71. The predicted octanol–water partition coefficient (Wildman–Crippen LogP) is 3.27. The van der Waals surface area contributed by atoms with Gasteiger partial charge in [-0.1, -0.05) is 24.9 Å². The van der Waals surface area contributed by atoms with Crippen molar-refractivity contribution >= 4 is 23.4 Å². The van der Waals surface area contributed by atoms with Gasteiger partial charge in [0.05, 0.1) is 16.9 Å². The van der Waals surface area contributed by atoms with Crippen LogP contribution in [0.4, 0.5) is 0 Å². The van der Waals surface area contributed by atoms with Crippen LogP contribution in [-0.4, -0.2) is 25.9 Å². The van der Waals surface area contributed by atoms with Crippen molar-refractivity contribution < 1.29 is 5.11 Å². The number of aryl methyl sites for hydroxylation is 1. The van der Waals surface area contributed by atoms with Crippen molar-refractivity contribution in [3.05, 3.63) is 16.9 Å². The maximum Gasteiger partial charge on any atom is 0.109 e. The minimum Gasteiger partial charge on any atom is -0.386 e. The first-order valence-corrected chi connectivity index (χ1v) is 7.67. The number of rotatable bonds is 4. The van der Waals surface area contributed by atoms with Gasteiger partial charge in [0, 0.05) is 11.8 Å².